The van der Waals surface area contributed by atoms with Gasteiger partial charge in [0.25, 0.3) is 6.08 Å². The van der Waals surface area contributed by atoms with Crippen molar-refractivity contribution in [2.75, 3.05) is 7.11 Å². The van der Waals surface area contributed by atoms with Crippen molar-refractivity contribution in [2.24, 2.45) is 17.3 Å². The first-order chi connectivity index (χ1) is 11.5. The normalized spacial score (nSPS) is 37.6. The van der Waals surface area contributed by atoms with Crippen LogP contribution in [0.25, 0.3) is 0 Å². The van der Waals surface area contributed by atoms with Crippen molar-refractivity contribution in [3.05, 3.63) is 41.0 Å². The molecule has 4 heteroatoms. The van der Waals surface area contributed by atoms with Gasteiger partial charge in [-0.1, -0.05) is 13.0 Å². The van der Waals surface area contributed by atoms with Gasteiger partial charge in [0, 0.05) is 18.6 Å². The molecule has 1 N–H and O–H groups in total. The molecule has 3 aliphatic rings. The second kappa shape index (κ2) is 5.55. The van der Waals surface area contributed by atoms with E-state index in [0.29, 0.717) is 36.0 Å². The number of aromatic hydroxyl groups is 1. The third-order valence-corrected chi connectivity index (χ3v) is 6.98. The zero-order valence-electron chi connectivity index (χ0n) is 14.2. The number of allylic oxidation sites excluding steroid dienone is 1. The van der Waals surface area contributed by atoms with Gasteiger partial charge in [-0.05, 0) is 72.6 Å². The molecule has 0 radical (unpaired) electrons. The second-order valence-electron chi connectivity index (χ2n) is 7.89. The number of ether oxygens (including phenoxy) is 1. The molecule has 5 atom stereocenters. The van der Waals surface area contributed by atoms with E-state index in [0.717, 1.165) is 19.3 Å². The summed E-state index contributed by atoms with van der Waals surface area (Å²) in [6, 6.07) is 5.61. The SMILES string of the molecule is CO[C@H]1C[C@]2(C)C(=C(F)F)CC[C@H]2[C@@H]2CCc3cc(O)ccc3[C@H]21. The minimum absolute atomic E-state index is 0.0488. The summed E-state index contributed by atoms with van der Waals surface area (Å²) in [5, 5.41) is 9.77. The molecule has 1 aromatic carbocycles. The lowest BCUT2D eigenvalue weighted by Gasteiger charge is -2.52. The average Bonchev–Trinajstić information content (AvgIpc) is 2.90. The topological polar surface area (TPSA) is 29.5 Å². The predicted molar refractivity (Wildman–Crippen MR) is 88.1 cm³/mol. The first-order valence-electron chi connectivity index (χ1n) is 8.85. The quantitative estimate of drug-likeness (QED) is 0.781. The fourth-order valence-electron chi connectivity index (χ4n) is 5.97. The molecule has 0 amide bonds. The number of fused-ring (bicyclic) bond motifs is 5. The van der Waals surface area contributed by atoms with Crippen molar-refractivity contribution < 1.29 is 18.6 Å². The Balaban J connectivity index is 1.79. The van der Waals surface area contributed by atoms with Gasteiger partial charge in [0.1, 0.15) is 5.75 Å². The number of hydrogen-bond donors (Lipinski definition) is 1. The minimum Gasteiger partial charge on any atom is -0.508 e. The fourth-order valence-corrected chi connectivity index (χ4v) is 5.97. The molecule has 1 aromatic rings. The van der Waals surface area contributed by atoms with Crippen LogP contribution in [-0.2, 0) is 11.2 Å². The largest absolute Gasteiger partial charge is 0.508 e. The monoisotopic (exact) mass is 334 g/mol. The Morgan fingerprint density at radius 3 is 2.75 bits per heavy atom. The van der Waals surface area contributed by atoms with Crippen LogP contribution >= 0.6 is 0 Å². The Kier molecular flexibility index (Phi) is 3.72. The maximum Gasteiger partial charge on any atom is 0.270 e. The van der Waals surface area contributed by atoms with Gasteiger partial charge in [0.05, 0.1) is 6.10 Å². The Morgan fingerprint density at radius 2 is 2.04 bits per heavy atom. The number of methoxy groups -OCH3 is 1. The van der Waals surface area contributed by atoms with E-state index in [9.17, 15) is 13.9 Å². The number of phenolic OH excluding ortho intramolecular Hbond substituents is 1. The number of hydrogen-bond acceptors (Lipinski definition) is 2. The van der Waals surface area contributed by atoms with Gasteiger partial charge in [0.2, 0.25) is 0 Å². The van der Waals surface area contributed by atoms with E-state index in [1.165, 1.54) is 11.1 Å². The number of phenols is 1. The molecule has 0 spiro atoms. The van der Waals surface area contributed by atoms with Crippen molar-refractivity contribution >= 4 is 0 Å². The Labute approximate surface area is 141 Å². The molecular weight excluding hydrogens is 310 g/mol. The van der Waals surface area contributed by atoms with Crippen LogP contribution in [0, 0.1) is 17.3 Å². The summed E-state index contributed by atoms with van der Waals surface area (Å²) in [5.41, 5.74) is 2.36. The maximum atomic E-state index is 13.5. The number of benzene rings is 1. The molecule has 24 heavy (non-hydrogen) atoms. The van der Waals surface area contributed by atoms with Gasteiger partial charge in [0.15, 0.2) is 0 Å². The molecule has 2 fully saturated rings. The van der Waals surface area contributed by atoms with E-state index < -0.39 is 11.5 Å². The van der Waals surface area contributed by atoms with Gasteiger partial charge >= 0.3 is 0 Å². The van der Waals surface area contributed by atoms with Crippen LogP contribution in [-0.4, -0.2) is 18.3 Å². The molecule has 130 valence electrons. The first-order valence-corrected chi connectivity index (χ1v) is 8.85. The highest BCUT2D eigenvalue weighted by atomic mass is 19.3. The molecule has 0 aromatic heterocycles. The highest BCUT2D eigenvalue weighted by Crippen LogP contribution is 2.64. The first kappa shape index (κ1) is 16.1. The van der Waals surface area contributed by atoms with Crippen LogP contribution in [0.3, 0.4) is 0 Å². The van der Waals surface area contributed by atoms with Crippen LogP contribution in [0.5, 0.6) is 5.75 Å². The van der Waals surface area contributed by atoms with Crippen molar-refractivity contribution in [1.82, 2.24) is 0 Å². The summed E-state index contributed by atoms with van der Waals surface area (Å²) in [7, 11) is 1.70. The standard InChI is InChI=1S/C20H24F2O2/c1-20-10-17(24-2)18-13-6-4-12(23)9-11(13)3-5-14(18)15(20)7-8-16(20)19(21)22/h4,6,9,14-15,17-18,23H,3,5,7-8,10H2,1-2H3/t14-,15-,17-,18+,20-/m0/s1. The van der Waals surface area contributed by atoms with Crippen molar-refractivity contribution in [1.29, 1.82) is 0 Å². The smallest absolute Gasteiger partial charge is 0.270 e. The van der Waals surface area contributed by atoms with Crippen LogP contribution in [0.2, 0.25) is 0 Å². The highest BCUT2D eigenvalue weighted by Gasteiger charge is 2.57. The summed E-state index contributed by atoms with van der Waals surface area (Å²) < 4.78 is 32.8. The van der Waals surface area contributed by atoms with Crippen LogP contribution in [0.15, 0.2) is 29.9 Å². The third-order valence-electron chi connectivity index (χ3n) is 6.98. The third kappa shape index (κ3) is 2.15. The number of aryl methyl sites for hydroxylation is 1. The van der Waals surface area contributed by atoms with E-state index in [-0.39, 0.29) is 12.0 Å². The second-order valence-corrected chi connectivity index (χ2v) is 7.89. The maximum absolute atomic E-state index is 13.5. The molecule has 0 saturated heterocycles. The van der Waals surface area contributed by atoms with Crippen LogP contribution in [0.4, 0.5) is 8.78 Å². The van der Waals surface area contributed by atoms with Gasteiger partial charge in [-0.15, -0.1) is 0 Å². The Hall–Kier alpha value is -1.42. The molecule has 0 heterocycles. The van der Waals surface area contributed by atoms with Gasteiger partial charge < -0.3 is 9.84 Å². The lowest BCUT2D eigenvalue weighted by Crippen LogP contribution is -2.48. The molecule has 4 rings (SSSR count). The molecule has 0 aliphatic heterocycles. The van der Waals surface area contributed by atoms with E-state index in [2.05, 4.69) is 0 Å². The zero-order valence-corrected chi connectivity index (χ0v) is 14.2. The van der Waals surface area contributed by atoms with E-state index in [1.807, 2.05) is 19.1 Å². The van der Waals surface area contributed by atoms with Gasteiger partial charge in [-0.3, -0.25) is 0 Å². The van der Waals surface area contributed by atoms with Gasteiger partial charge in [-0.25, -0.2) is 0 Å². The summed E-state index contributed by atoms with van der Waals surface area (Å²) in [6.45, 7) is 2.02. The van der Waals surface area contributed by atoms with E-state index in [1.54, 1.807) is 13.2 Å². The average molecular weight is 334 g/mol. The summed E-state index contributed by atoms with van der Waals surface area (Å²) in [4.78, 5) is 0. The molecular formula is C20H24F2O2. The molecule has 0 bridgehead atoms. The lowest BCUT2D eigenvalue weighted by molar-refractivity contribution is -0.0479. The molecule has 0 unspecified atom stereocenters. The summed E-state index contributed by atoms with van der Waals surface area (Å²) in [5.74, 6) is 1.22. The summed E-state index contributed by atoms with van der Waals surface area (Å²) in [6.07, 6.45) is 2.40. The lowest BCUT2D eigenvalue weighted by atomic mass is 9.54. The number of rotatable bonds is 1. The summed E-state index contributed by atoms with van der Waals surface area (Å²) >= 11 is 0. The highest BCUT2D eigenvalue weighted by molar-refractivity contribution is 5.42. The van der Waals surface area contributed by atoms with Crippen molar-refractivity contribution in [2.45, 2.75) is 51.0 Å². The Morgan fingerprint density at radius 1 is 1.25 bits per heavy atom. The van der Waals surface area contributed by atoms with E-state index in [4.69, 9.17) is 4.74 Å². The number of halogens is 2. The van der Waals surface area contributed by atoms with E-state index >= 15 is 0 Å². The molecule has 2 nitrogen and oxygen atoms in total. The minimum atomic E-state index is -1.48. The Bertz CT molecular complexity index is 695. The van der Waals surface area contributed by atoms with Gasteiger partial charge in [-0.2, -0.15) is 8.78 Å². The predicted octanol–water partition coefficient (Wildman–Crippen LogP) is 5.02. The van der Waals surface area contributed by atoms with Crippen molar-refractivity contribution in [3.8, 4) is 5.75 Å². The zero-order chi connectivity index (χ0) is 17.1. The fraction of sp³-hybridized carbons (Fsp3) is 0.600. The van der Waals surface area contributed by atoms with Crippen LogP contribution in [0.1, 0.15) is 49.7 Å². The molecule has 3 aliphatic carbocycles. The van der Waals surface area contributed by atoms with Crippen LogP contribution < -0.4 is 0 Å². The van der Waals surface area contributed by atoms with Crippen molar-refractivity contribution in [3.63, 3.8) is 0 Å². The molecule has 2 saturated carbocycles.